The van der Waals surface area contributed by atoms with Gasteiger partial charge in [-0.1, -0.05) is 38.1 Å². The fourth-order valence-corrected chi connectivity index (χ4v) is 3.08. The molecule has 1 aromatic carbocycles. The van der Waals surface area contributed by atoms with Crippen LogP contribution in [0.5, 0.6) is 0 Å². The van der Waals surface area contributed by atoms with E-state index in [0.29, 0.717) is 18.1 Å². The fraction of sp³-hybridized carbons (Fsp3) is 0.667. The van der Waals surface area contributed by atoms with E-state index in [9.17, 15) is 0 Å². The maximum atomic E-state index is 3.54. The topological polar surface area (TPSA) is 18.5 Å². The molecular weight excluding hydrogens is 258 g/mol. The van der Waals surface area contributed by atoms with Crippen molar-refractivity contribution in [1.82, 2.24) is 15.1 Å². The van der Waals surface area contributed by atoms with Gasteiger partial charge in [0.05, 0.1) is 0 Å². The molecule has 118 valence electrons. The van der Waals surface area contributed by atoms with Crippen molar-refractivity contribution in [3.63, 3.8) is 0 Å². The summed E-state index contributed by atoms with van der Waals surface area (Å²) >= 11 is 0. The van der Waals surface area contributed by atoms with Crippen LogP contribution in [-0.4, -0.2) is 48.1 Å². The van der Waals surface area contributed by atoms with Crippen molar-refractivity contribution in [2.24, 2.45) is 0 Å². The summed E-state index contributed by atoms with van der Waals surface area (Å²) in [6.45, 7) is 13.4. The summed E-state index contributed by atoms with van der Waals surface area (Å²) in [5.74, 6) is 0. The van der Waals surface area contributed by atoms with Crippen LogP contribution in [0.15, 0.2) is 24.3 Å². The first-order chi connectivity index (χ1) is 9.97. The summed E-state index contributed by atoms with van der Waals surface area (Å²) in [5, 5.41) is 3.54. The molecule has 0 bridgehead atoms. The van der Waals surface area contributed by atoms with Gasteiger partial charge in [0.2, 0.25) is 0 Å². The van der Waals surface area contributed by atoms with Crippen molar-refractivity contribution in [2.45, 2.75) is 58.9 Å². The van der Waals surface area contributed by atoms with Crippen molar-refractivity contribution in [2.75, 3.05) is 20.1 Å². The van der Waals surface area contributed by atoms with Crippen molar-refractivity contribution in [3.8, 4) is 0 Å². The molecule has 1 aliphatic rings. The molecule has 1 aromatic rings. The lowest BCUT2D eigenvalue weighted by atomic mass is 10.0. The number of nitrogens with one attached hydrogen (secondary N) is 1. The van der Waals surface area contributed by atoms with Crippen molar-refractivity contribution >= 4 is 0 Å². The standard InChI is InChI=1S/C18H31N3/c1-14(2)19-10-17-8-6-7-9-18(17)13-21-11-15(3)20(5)16(4)12-21/h6-9,14-16,19H,10-13H2,1-5H3. The lowest BCUT2D eigenvalue weighted by Gasteiger charge is -2.42. The van der Waals surface area contributed by atoms with Gasteiger partial charge in [0.1, 0.15) is 0 Å². The zero-order valence-corrected chi connectivity index (χ0v) is 14.3. The molecule has 2 atom stereocenters. The smallest absolute Gasteiger partial charge is 0.0238 e. The van der Waals surface area contributed by atoms with Crippen LogP contribution in [0.1, 0.15) is 38.8 Å². The molecule has 3 heteroatoms. The van der Waals surface area contributed by atoms with Crippen molar-refractivity contribution in [1.29, 1.82) is 0 Å². The largest absolute Gasteiger partial charge is 0.310 e. The number of hydrogen-bond acceptors (Lipinski definition) is 3. The van der Waals surface area contributed by atoms with Gasteiger partial charge in [0, 0.05) is 44.3 Å². The third-order valence-electron chi connectivity index (χ3n) is 4.65. The molecule has 0 radical (unpaired) electrons. The minimum Gasteiger partial charge on any atom is -0.310 e. The summed E-state index contributed by atoms with van der Waals surface area (Å²) < 4.78 is 0. The Labute approximate surface area is 130 Å². The fourth-order valence-electron chi connectivity index (χ4n) is 3.08. The van der Waals surface area contributed by atoms with E-state index in [1.165, 1.54) is 11.1 Å². The Morgan fingerprint density at radius 1 is 1.10 bits per heavy atom. The molecule has 1 fully saturated rings. The van der Waals surface area contributed by atoms with Gasteiger partial charge in [0.25, 0.3) is 0 Å². The molecule has 0 aliphatic carbocycles. The number of benzene rings is 1. The van der Waals surface area contributed by atoms with E-state index in [2.05, 4.69) is 74.1 Å². The van der Waals surface area contributed by atoms with E-state index in [1.807, 2.05) is 0 Å². The predicted molar refractivity (Wildman–Crippen MR) is 90.4 cm³/mol. The normalized spacial score (nSPS) is 24.7. The van der Waals surface area contributed by atoms with Crippen LogP contribution in [-0.2, 0) is 13.1 Å². The Balaban J connectivity index is 2.02. The average molecular weight is 289 g/mol. The summed E-state index contributed by atoms with van der Waals surface area (Å²) in [4.78, 5) is 5.09. The lowest BCUT2D eigenvalue weighted by molar-refractivity contribution is 0.0554. The van der Waals surface area contributed by atoms with E-state index in [-0.39, 0.29) is 0 Å². The van der Waals surface area contributed by atoms with Crippen LogP contribution in [0.3, 0.4) is 0 Å². The third kappa shape index (κ3) is 4.53. The first-order valence-electron chi connectivity index (χ1n) is 8.21. The van der Waals surface area contributed by atoms with E-state index in [4.69, 9.17) is 0 Å². The van der Waals surface area contributed by atoms with E-state index >= 15 is 0 Å². The van der Waals surface area contributed by atoms with Gasteiger partial charge in [0.15, 0.2) is 0 Å². The Bertz CT molecular complexity index is 432. The molecule has 2 rings (SSSR count). The maximum absolute atomic E-state index is 3.54. The highest BCUT2D eigenvalue weighted by Crippen LogP contribution is 2.18. The highest BCUT2D eigenvalue weighted by Gasteiger charge is 2.26. The summed E-state index contributed by atoms with van der Waals surface area (Å²) in [6, 6.07) is 10.7. The first kappa shape index (κ1) is 16.5. The SMILES string of the molecule is CC(C)NCc1ccccc1CN1CC(C)N(C)C(C)C1. The molecule has 0 amide bonds. The minimum atomic E-state index is 0.529. The highest BCUT2D eigenvalue weighted by atomic mass is 15.3. The molecule has 1 heterocycles. The Kier molecular flexibility index (Phi) is 5.80. The zero-order chi connectivity index (χ0) is 15.4. The van der Waals surface area contributed by atoms with E-state index < -0.39 is 0 Å². The second kappa shape index (κ2) is 7.39. The van der Waals surface area contributed by atoms with Crippen LogP contribution in [0.25, 0.3) is 0 Å². The second-order valence-corrected chi connectivity index (χ2v) is 6.86. The molecule has 1 aliphatic heterocycles. The molecule has 2 unspecified atom stereocenters. The number of hydrogen-bond donors (Lipinski definition) is 1. The average Bonchev–Trinajstić information content (AvgIpc) is 2.43. The number of piperazine rings is 1. The number of rotatable bonds is 5. The lowest BCUT2D eigenvalue weighted by Crippen LogP contribution is -2.54. The van der Waals surface area contributed by atoms with Gasteiger partial charge in [-0.05, 0) is 32.0 Å². The molecule has 21 heavy (non-hydrogen) atoms. The Morgan fingerprint density at radius 3 is 2.24 bits per heavy atom. The van der Waals surface area contributed by atoms with Crippen LogP contribution in [0.4, 0.5) is 0 Å². The highest BCUT2D eigenvalue weighted by molar-refractivity contribution is 5.27. The first-order valence-corrected chi connectivity index (χ1v) is 8.21. The summed E-state index contributed by atoms with van der Waals surface area (Å²) in [6.07, 6.45) is 0. The quantitative estimate of drug-likeness (QED) is 0.899. The van der Waals surface area contributed by atoms with E-state index in [1.54, 1.807) is 0 Å². The van der Waals surface area contributed by atoms with Gasteiger partial charge >= 0.3 is 0 Å². The Morgan fingerprint density at radius 2 is 1.67 bits per heavy atom. The molecule has 0 saturated carbocycles. The third-order valence-corrected chi connectivity index (χ3v) is 4.65. The molecule has 1 saturated heterocycles. The van der Waals surface area contributed by atoms with Gasteiger partial charge in [-0.25, -0.2) is 0 Å². The van der Waals surface area contributed by atoms with Crippen LogP contribution in [0.2, 0.25) is 0 Å². The predicted octanol–water partition coefficient (Wildman–Crippen LogP) is 2.71. The van der Waals surface area contributed by atoms with Crippen molar-refractivity contribution in [3.05, 3.63) is 35.4 Å². The van der Waals surface area contributed by atoms with Gasteiger partial charge in [-0.15, -0.1) is 0 Å². The number of nitrogens with zero attached hydrogens (tertiary/aromatic N) is 2. The van der Waals surface area contributed by atoms with Gasteiger partial charge in [-0.2, -0.15) is 0 Å². The van der Waals surface area contributed by atoms with Crippen LogP contribution < -0.4 is 5.32 Å². The molecular formula is C18H31N3. The summed E-state index contributed by atoms with van der Waals surface area (Å²) in [7, 11) is 2.24. The van der Waals surface area contributed by atoms with Gasteiger partial charge in [-0.3, -0.25) is 9.80 Å². The van der Waals surface area contributed by atoms with E-state index in [0.717, 1.165) is 26.2 Å². The number of likely N-dealkylation sites (N-methyl/N-ethyl adjacent to an activating group) is 1. The molecule has 0 spiro atoms. The minimum absolute atomic E-state index is 0.529. The van der Waals surface area contributed by atoms with Crippen molar-refractivity contribution < 1.29 is 0 Å². The molecule has 3 nitrogen and oxygen atoms in total. The molecule has 0 aromatic heterocycles. The maximum Gasteiger partial charge on any atom is 0.0238 e. The van der Waals surface area contributed by atoms with Crippen LogP contribution >= 0.6 is 0 Å². The van der Waals surface area contributed by atoms with Gasteiger partial charge < -0.3 is 5.32 Å². The Hall–Kier alpha value is -0.900. The van der Waals surface area contributed by atoms with Crippen LogP contribution in [0, 0.1) is 0 Å². The zero-order valence-electron chi connectivity index (χ0n) is 14.3. The monoisotopic (exact) mass is 289 g/mol. The molecule has 1 N–H and O–H groups in total. The second-order valence-electron chi connectivity index (χ2n) is 6.86. The summed E-state index contributed by atoms with van der Waals surface area (Å²) in [5.41, 5.74) is 2.90.